The summed E-state index contributed by atoms with van der Waals surface area (Å²) in [5.41, 5.74) is 0.997. The Hall–Kier alpha value is -2.10. The molecule has 0 aliphatic heterocycles. The van der Waals surface area contributed by atoms with Gasteiger partial charge in [-0.2, -0.15) is 4.98 Å². The zero-order chi connectivity index (χ0) is 13.8. The molecule has 1 aromatic heterocycles. The van der Waals surface area contributed by atoms with Crippen LogP contribution in [0, 0.1) is 5.92 Å². The third kappa shape index (κ3) is 3.26. The Bertz CT molecular complexity index is 567. The Morgan fingerprint density at radius 1 is 1.20 bits per heavy atom. The lowest BCUT2D eigenvalue weighted by molar-refractivity contribution is 0.291. The molecule has 1 N–H and O–H groups in total. The first kappa shape index (κ1) is 12.9. The summed E-state index contributed by atoms with van der Waals surface area (Å²) in [5, 5.41) is 3.06. The summed E-state index contributed by atoms with van der Waals surface area (Å²) in [7, 11) is 1.85. The quantitative estimate of drug-likeness (QED) is 0.873. The Morgan fingerprint density at radius 2 is 2.00 bits per heavy atom. The first-order valence-corrected chi connectivity index (χ1v) is 7.10. The molecule has 0 atom stereocenters. The predicted octanol–water partition coefficient (Wildman–Crippen LogP) is 3.36. The van der Waals surface area contributed by atoms with Crippen molar-refractivity contribution in [2.24, 2.45) is 5.92 Å². The van der Waals surface area contributed by atoms with Gasteiger partial charge in [-0.05, 0) is 12.3 Å². The number of benzene rings is 1. The lowest BCUT2D eigenvalue weighted by Gasteiger charge is -2.09. The van der Waals surface area contributed by atoms with Gasteiger partial charge in [-0.25, -0.2) is 4.98 Å². The van der Waals surface area contributed by atoms with Gasteiger partial charge >= 0.3 is 0 Å². The van der Waals surface area contributed by atoms with Gasteiger partial charge in [-0.1, -0.05) is 43.2 Å². The average Bonchev–Trinajstić information content (AvgIpc) is 3.32. The maximum Gasteiger partial charge on any atom is 0.219 e. The van der Waals surface area contributed by atoms with Crippen LogP contribution in [0.3, 0.4) is 0 Å². The molecule has 4 nitrogen and oxygen atoms in total. The minimum absolute atomic E-state index is 0.642. The number of ether oxygens (including phenoxy) is 1. The summed E-state index contributed by atoms with van der Waals surface area (Å²) >= 11 is 0. The van der Waals surface area contributed by atoms with Gasteiger partial charge in [0, 0.05) is 18.7 Å². The van der Waals surface area contributed by atoms with E-state index in [-0.39, 0.29) is 0 Å². The molecule has 0 unspecified atom stereocenters. The second kappa shape index (κ2) is 5.90. The molecule has 20 heavy (non-hydrogen) atoms. The number of hydrogen-bond donors (Lipinski definition) is 1. The molecule has 1 heterocycles. The zero-order valence-corrected chi connectivity index (χ0v) is 11.7. The summed E-state index contributed by atoms with van der Waals surface area (Å²) in [6.07, 6.45) is 3.83. The summed E-state index contributed by atoms with van der Waals surface area (Å²) in [4.78, 5) is 8.97. The average molecular weight is 269 g/mol. The van der Waals surface area contributed by atoms with Gasteiger partial charge in [-0.3, -0.25) is 0 Å². The Kier molecular flexibility index (Phi) is 3.81. The van der Waals surface area contributed by atoms with Crippen LogP contribution in [0.1, 0.15) is 19.3 Å². The fourth-order valence-electron chi connectivity index (χ4n) is 2.08. The smallest absolute Gasteiger partial charge is 0.219 e. The van der Waals surface area contributed by atoms with Gasteiger partial charge in [0.25, 0.3) is 0 Å². The van der Waals surface area contributed by atoms with Crippen LogP contribution in [0.15, 0.2) is 36.4 Å². The minimum Gasteiger partial charge on any atom is -0.478 e. The number of nitrogens with one attached hydrogen (secondary N) is 1. The van der Waals surface area contributed by atoms with Crippen molar-refractivity contribution in [3.8, 4) is 17.3 Å². The minimum atomic E-state index is 0.642. The van der Waals surface area contributed by atoms with E-state index in [9.17, 15) is 0 Å². The van der Waals surface area contributed by atoms with Gasteiger partial charge in [0.05, 0.1) is 6.61 Å². The lowest BCUT2D eigenvalue weighted by atomic mass is 10.2. The van der Waals surface area contributed by atoms with Gasteiger partial charge < -0.3 is 10.1 Å². The Balaban J connectivity index is 1.78. The molecule has 0 saturated heterocycles. The maximum absolute atomic E-state index is 5.77. The SMILES string of the molecule is CNc1cc(OCCC2CC2)nc(-c2ccccc2)n1. The molecule has 0 radical (unpaired) electrons. The van der Waals surface area contributed by atoms with Crippen LogP contribution in [0.2, 0.25) is 0 Å². The van der Waals surface area contributed by atoms with E-state index in [0.29, 0.717) is 11.7 Å². The monoisotopic (exact) mass is 269 g/mol. The van der Waals surface area contributed by atoms with Crippen LogP contribution in [0.5, 0.6) is 5.88 Å². The Labute approximate surface area is 119 Å². The van der Waals surface area contributed by atoms with Crippen molar-refractivity contribution < 1.29 is 4.74 Å². The first-order chi connectivity index (χ1) is 9.85. The van der Waals surface area contributed by atoms with E-state index in [1.807, 2.05) is 43.4 Å². The van der Waals surface area contributed by atoms with Crippen molar-refractivity contribution in [2.75, 3.05) is 19.0 Å². The highest BCUT2D eigenvalue weighted by atomic mass is 16.5. The molecule has 1 aliphatic rings. The summed E-state index contributed by atoms with van der Waals surface area (Å²) < 4.78 is 5.77. The number of hydrogen-bond acceptors (Lipinski definition) is 4. The fourth-order valence-corrected chi connectivity index (χ4v) is 2.08. The zero-order valence-electron chi connectivity index (χ0n) is 11.7. The molecule has 0 amide bonds. The summed E-state index contributed by atoms with van der Waals surface area (Å²) in [6, 6.07) is 11.8. The van der Waals surface area contributed by atoms with Crippen molar-refractivity contribution in [2.45, 2.75) is 19.3 Å². The highest BCUT2D eigenvalue weighted by Crippen LogP contribution is 2.32. The third-order valence-corrected chi connectivity index (χ3v) is 3.46. The molecule has 104 valence electrons. The third-order valence-electron chi connectivity index (χ3n) is 3.46. The van der Waals surface area contributed by atoms with Crippen LogP contribution < -0.4 is 10.1 Å². The topological polar surface area (TPSA) is 47.0 Å². The van der Waals surface area contributed by atoms with E-state index in [1.165, 1.54) is 12.8 Å². The second-order valence-corrected chi connectivity index (χ2v) is 5.11. The number of anilines is 1. The fraction of sp³-hybridized carbons (Fsp3) is 0.375. The molecule has 1 aliphatic carbocycles. The molecule has 2 aromatic rings. The van der Waals surface area contributed by atoms with Crippen LogP contribution in [0.4, 0.5) is 5.82 Å². The van der Waals surface area contributed by atoms with E-state index in [4.69, 9.17) is 4.74 Å². The molecule has 0 spiro atoms. The normalized spacial score (nSPS) is 14.1. The van der Waals surface area contributed by atoms with Crippen molar-refractivity contribution >= 4 is 5.82 Å². The van der Waals surface area contributed by atoms with Gasteiger partial charge in [0.1, 0.15) is 5.82 Å². The van der Waals surface area contributed by atoms with E-state index in [0.717, 1.165) is 30.3 Å². The van der Waals surface area contributed by atoms with Crippen molar-refractivity contribution in [1.82, 2.24) is 9.97 Å². The highest BCUT2D eigenvalue weighted by molar-refractivity contribution is 5.58. The van der Waals surface area contributed by atoms with Crippen LogP contribution >= 0.6 is 0 Å². The highest BCUT2D eigenvalue weighted by Gasteiger charge is 2.20. The number of rotatable bonds is 6. The van der Waals surface area contributed by atoms with Crippen molar-refractivity contribution in [1.29, 1.82) is 0 Å². The molecule has 1 aromatic carbocycles. The van der Waals surface area contributed by atoms with Crippen molar-refractivity contribution in [3.05, 3.63) is 36.4 Å². The molecule has 1 saturated carbocycles. The van der Waals surface area contributed by atoms with Gasteiger partial charge in [-0.15, -0.1) is 0 Å². The standard InChI is InChI=1S/C16H19N3O/c1-17-14-11-15(20-10-9-12-7-8-12)19-16(18-14)13-5-3-2-4-6-13/h2-6,11-12H,7-10H2,1H3,(H,17,18,19). The van der Waals surface area contributed by atoms with Gasteiger partial charge in [0.15, 0.2) is 5.82 Å². The Morgan fingerprint density at radius 3 is 2.70 bits per heavy atom. The summed E-state index contributed by atoms with van der Waals surface area (Å²) in [6.45, 7) is 0.735. The van der Waals surface area contributed by atoms with E-state index in [1.54, 1.807) is 0 Å². The van der Waals surface area contributed by atoms with Crippen LogP contribution in [-0.4, -0.2) is 23.6 Å². The molecule has 3 rings (SSSR count). The predicted molar refractivity (Wildman–Crippen MR) is 79.9 cm³/mol. The maximum atomic E-state index is 5.77. The molecular formula is C16H19N3O. The van der Waals surface area contributed by atoms with E-state index in [2.05, 4.69) is 15.3 Å². The molecule has 0 bridgehead atoms. The summed E-state index contributed by atoms with van der Waals surface area (Å²) in [5.74, 6) is 2.98. The number of nitrogens with zero attached hydrogens (tertiary/aromatic N) is 2. The largest absolute Gasteiger partial charge is 0.478 e. The van der Waals surface area contributed by atoms with Crippen molar-refractivity contribution in [3.63, 3.8) is 0 Å². The first-order valence-electron chi connectivity index (χ1n) is 7.10. The van der Waals surface area contributed by atoms with E-state index < -0.39 is 0 Å². The number of aromatic nitrogens is 2. The van der Waals surface area contributed by atoms with Crippen LogP contribution in [0.25, 0.3) is 11.4 Å². The molecule has 1 fully saturated rings. The van der Waals surface area contributed by atoms with E-state index >= 15 is 0 Å². The van der Waals surface area contributed by atoms with Crippen LogP contribution in [-0.2, 0) is 0 Å². The molecular weight excluding hydrogens is 250 g/mol. The molecule has 4 heteroatoms. The lowest BCUT2D eigenvalue weighted by Crippen LogP contribution is -2.03. The van der Waals surface area contributed by atoms with Gasteiger partial charge in [0.2, 0.25) is 5.88 Å². The second-order valence-electron chi connectivity index (χ2n) is 5.11.